The van der Waals surface area contributed by atoms with Crippen LogP contribution in [0.3, 0.4) is 0 Å². The van der Waals surface area contributed by atoms with Gasteiger partial charge in [-0.3, -0.25) is 9.91 Å². The van der Waals surface area contributed by atoms with Gasteiger partial charge < -0.3 is 5.32 Å². The molecule has 32 heavy (non-hydrogen) atoms. The molecule has 0 unspecified atom stereocenters. The van der Waals surface area contributed by atoms with Crippen LogP contribution in [0.25, 0.3) is 11.1 Å². The van der Waals surface area contributed by atoms with Gasteiger partial charge >= 0.3 is 6.03 Å². The molecule has 0 atom stereocenters. The lowest BCUT2D eigenvalue weighted by molar-refractivity contribution is 0.191. The Morgan fingerprint density at radius 3 is 2.38 bits per heavy atom. The summed E-state index contributed by atoms with van der Waals surface area (Å²) in [6, 6.07) is 18.8. The van der Waals surface area contributed by atoms with Gasteiger partial charge in [-0.1, -0.05) is 55.3 Å². The van der Waals surface area contributed by atoms with Gasteiger partial charge in [0.1, 0.15) is 5.69 Å². The van der Waals surface area contributed by atoms with E-state index < -0.39 is 0 Å². The molecule has 1 aromatic heterocycles. The maximum absolute atomic E-state index is 13.0. The molecule has 3 aromatic rings. The molecule has 1 saturated carbocycles. The molecule has 1 fully saturated rings. The molecule has 2 heterocycles. The quantitative estimate of drug-likeness (QED) is 0.586. The highest BCUT2D eigenvalue weighted by molar-refractivity contribution is 5.98. The highest BCUT2D eigenvalue weighted by atomic mass is 16.2. The Labute approximate surface area is 188 Å². The molecule has 5 rings (SSSR count). The van der Waals surface area contributed by atoms with Gasteiger partial charge in [-0.25, -0.2) is 14.8 Å². The lowest BCUT2D eigenvalue weighted by Gasteiger charge is -2.45. The van der Waals surface area contributed by atoms with E-state index in [2.05, 4.69) is 39.6 Å². The van der Waals surface area contributed by atoms with E-state index in [9.17, 15) is 4.79 Å². The van der Waals surface area contributed by atoms with E-state index in [1.165, 1.54) is 18.4 Å². The number of nitrogens with one attached hydrogen (secondary N) is 1. The Morgan fingerprint density at radius 1 is 1.00 bits per heavy atom. The molecule has 1 aliphatic heterocycles. The van der Waals surface area contributed by atoms with Crippen LogP contribution in [-0.4, -0.2) is 40.6 Å². The summed E-state index contributed by atoms with van der Waals surface area (Å²) in [6.45, 7) is 2.61. The molecule has 0 saturated heterocycles. The molecular formula is C25H28N6O. The van der Waals surface area contributed by atoms with Crippen LogP contribution in [0, 0.1) is 0 Å². The van der Waals surface area contributed by atoms with Crippen molar-refractivity contribution in [3.63, 3.8) is 0 Å². The van der Waals surface area contributed by atoms with Crippen LogP contribution < -0.4 is 15.2 Å². The third kappa shape index (κ3) is 3.64. The number of fused-ring (bicyclic) bond motifs is 1. The molecule has 0 bridgehead atoms. The first-order valence-electron chi connectivity index (χ1n) is 11.3. The summed E-state index contributed by atoms with van der Waals surface area (Å²) < 4.78 is 0. The van der Waals surface area contributed by atoms with Crippen molar-refractivity contribution >= 4 is 29.2 Å². The fraction of sp³-hybridized carbons (Fsp3) is 0.320. The van der Waals surface area contributed by atoms with Gasteiger partial charge in [-0.05, 0) is 43.0 Å². The summed E-state index contributed by atoms with van der Waals surface area (Å²) in [7, 11) is 1.79. The molecule has 7 nitrogen and oxygen atoms in total. The summed E-state index contributed by atoms with van der Waals surface area (Å²) in [5.74, 6) is 1.32. The van der Waals surface area contributed by atoms with Gasteiger partial charge in [-0.15, -0.1) is 0 Å². The molecule has 2 aliphatic rings. The second-order valence-corrected chi connectivity index (χ2v) is 8.31. The Balaban J connectivity index is 1.44. The van der Waals surface area contributed by atoms with Crippen LogP contribution in [0.5, 0.6) is 0 Å². The van der Waals surface area contributed by atoms with E-state index in [-0.39, 0.29) is 6.03 Å². The maximum Gasteiger partial charge on any atom is 0.343 e. The normalized spacial score (nSPS) is 16.4. The fourth-order valence-electron chi connectivity index (χ4n) is 4.63. The number of benzene rings is 2. The predicted molar refractivity (Wildman–Crippen MR) is 128 cm³/mol. The SMILES string of the molecule is CCN1C(=O)N(C)c2cnc(Nc3ccc(-c4ccccc4)cc3)nc2N1C1CCCC1. The van der Waals surface area contributed by atoms with Crippen LogP contribution in [0.15, 0.2) is 60.8 Å². The molecule has 164 valence electrons. The van der Waals surface area contributed by atoms with E-state index in [1.54, 1.807) is 18.1 Å². The van der Waals surface area contributed by atoms with Gasteiger partial charge in [0.05, 0.1) is 12.2 Å². The second-order valence-electron chi connectivity index (χ2n) is 8.31. The molecule has 0 spiro atoms. The molecule has 1 aliphatic carbocycles. The minimum Gasteiger partial charge on any atom is -0.324 e. The summed E-state index contributed by atoms with van der Waals surface area (Å²) >= 11 is 0. The number of nitrogens with zero attached hydrogens (tertiary/aromatic N) is 5. The number of hydrogen-bond acceptors (Lipinski definition) is 5. The van der Waals surface area contributed by atoms with E-state index in [1.807, 2.05) is 42.3 Å². The van der Waals surface area contributed by atoms with E-state index in [0.717, 1.165) is 35.6 Å². The molecule has 0 radical (unpaired) electrons. The minimum atomic E-state index is -0.0345. The molecule has 2 aromatic carbocycles. The number of rotatable bonds is 5. The van der Waals surface area contributed by atoms with Crippen LogP contribution >= 0.6 is 0 Å². The van der Waals surface area contributed by atoms with E-state index >= 15 is 0 Å². The van der Waals surface area contributed by atoms with Gasteiger partial charge in [0, 0.05) is 19.3 Å². The van der Waals surface area contributed by atoms with Crippen molar-refractivity contribution in [3.05, 3.63) is 60.8 Å². The molecule has 7 heteroatoms. The number of carbonyl (C=O) groups excluding carboxylic acids is 1. The third-order valence-electron chi connectivity index (χ3n) is 6.31. The fourth-order valence-corrected chi connectivity index (χ4v) is 4.63. The van der Waals surface area contributed by atoms with Crippen molar-refractivity contribution in [2.75, 3.05) is 28.8 Å². The monoisotopic (exact) mass is 428 g/mol. The predicted octanol–water partition coefficient (Wildman–Crippen LogP) is 5.44. The number of anilines is 4. The Morgan fingerprint density at radius 2 is 1.69 bits per heavy atom. The van der Waals surface area contributed by atoms with Gasteiger partial charge in [0.25, 0.3) is 0 Å². The number of hydrogen-bond donors (Lipinski definition) is 1. The average molecular weight is 429 g/mol. The van der Waals surface area contributed by atoms with Gasteiger partial charge in [-0.2, -0.15) is 4.98 Å². The standard InChI is InChI=1S/C25H28N6O/c1-3-30-25(32)29(2)22-17-26-24(28-23(22)31(30)21-11-7-8-12-21)27-20-15-13-19(14-16-20)18-9-5-4-6-10-18/h4-6,9-10,13-17,21H,3,7-8,11-12H2,1-2H3,(H,26,27,28). The Bertz CT molecular complexity index is 1100. The van der Waals surface area contributed by atoms with Crippen LogP contribution in [0.1, 0.15) is 32.6 Å². The number of aromatic nitrogens is 2. The van der Waals surface area contributed by atoms with Crippen molar-refractivity contribution < 1.29 is 4.79 Å². The summed E-state index contributed by atoms with van der Waals surface area (Å²) in [5.41, 5.74) is 4.01. The average Bonchev–Trinajstić information content (AvgIpc) is 3.37. The Kier molecular flexibility index (Phi) is 5.39. The molecule has 1 N–H and O–H groups in total. The van der Waals surface area contributed by atoms with Crippen LogP contribution in [-0.2, 0) is 0 Å². The highest BCUT2D eigenvalue weighted by Gasteiger charge is 2.39. The smallest absolute Gasteiger partial charge is 0.324 e. The van der Waals surface area contributed by atoms with Crippen LogP contribution in [0.2, 0.25) is 0 Å². The Hall–Kier alpha value is -3.61. The topological polar surface area (TPSA) is 64.6 Å². The van der Waals surface area contributed by atoms with Gasteiger partial charge in [0.2, 0.25) is 5.95 Å². The number of urea groups is 1. The first kappa shape index (κ1) is 20.3. The first-order valence-corrected chi connectivity index (χ1v) is 11.3. The lowest BCUT2D eigenvalue weighted by Crippen LogP contribution is -2.59. The van der Waals surface area contributed by atoms with Crippen molar-refractivity contribution in [1.82, 2.24) is 15.0 Å². The second kappa shape index (κ2) is 8.49. The van der Waals surface area contributed by atoms with Crippen molar-refractivity contribution in [2.24, 2.45) is 0 Å². The van der Waals surface area contributed by atoms with Crippen molar-refractivity contribution in [3.8, 4) is 11.1 Å². The van der Waals surface area contributed by atoms with Gasteiger partial charge in [0.15, 0.2) is 5.82 Å². The number of amides is 2. The zero-order valence-electron chi connectivity index (χ0n) is 18.5. The molecular weight excluding hydrogens is 400 g/mol. The maximum atomic E-state index is 13.0. The first-order chi connectivity index (χ1) is 15.7. The number of carbonyl (C=O) groups is 1. The summed E-state index contributed by atoms with van der Waals surface area (Å²) in [4.78, 5) is 24.0. The summed E-state index contributed by atoms with van der Waals surface area (Å²) in [6.07, 6.45) is 6.25. The van der Waals surface area contributed by atoms with E-state index in [4.69, 9.17) is 4.98 Å². The number of hydrazine groups is 1. The lowest BCUT2D eigenvalue weighted by atomic mass is 10.1. The zero-order valence-corrected chi connectivity index (χ0v) is 18.5. The largest absolute Gasteiger partial charge is 0.343 e. The minimum absolute atomic E-state index is 0.0345. The molecule has 2 amide bonds. The third-order valence-corrected chi connectivity index (χ3v) is 6.31. The highest BCUT2D eigenvalue weighted by Crippen LogP contribution is 2.38. The zero-order chi connectivity index (χ0) is 22.1. The van der Waals surface area contributed by atoms with Crippen molar-refractivity contribution in [1.29, 1.82) is 0 Å². The van der Waals surface area contributed by atoms with Crippen LogP contribution in [0.4, 0.5) is 27.9 Å². The van der Waals surface area contributed by atoms with Crippen molar-refractivity contribution in [2.45, 2.75) is 38.6 Å². The van der Waals surface area contributed by atoms with E-state index in [0.29, 0.717) is 18.5 Å². The summed E-state index contributed by atoms with van der Waals surface area (Å²) in [5, 5.41) is 7.25.